The molecule has 0 saturated carbocycles. The number of amides is 1. The van der Waals surface area contributed by atoms with Gasteiger partial charge in [-0.2, -0.15) is 0 Å². The van der Waals surface area contributed by atoms with Crippen LogP contribution in [0.5, 0.6) is 0 Å². The maximum absolute atomic E-state index is 11.9. The highest BCUT2D eigenvalue weighted by molar-refractivity contribution is 9.09. The summed E-state index contributed by atoms with van der Waals surface area (Å²) in [5.74, 6) is 0.170. The van der Waals surface area contributed by atoms with Gasteiger partial charge in [-0.25, -0.2) is 0 Å². The van der Waals surface area contributed by atoms with Crippen molar-refractivity contribution in [3.63, 3.8) is 0 Å². The van der Waals surface area contributed by atoms with Crippen molar-refractivity contribution in [3.8, 4) is 0 Å². The molecule has 1 unspecified atom stereocenters. The van der Waals surface area contributed by atoms with Crippen LogP contribution in [-0.4, -0.2) is 41.9 Å². The van der Waals surface area contributed by atoms with Crippen molar-refractivity contribution in [2.24, 2.45) is 0 Å². The van der Waals surface area contributed by atoms with Gasteiger partial charge in [0, 0.05) is 25.0 Å². The van der Waals surface area contributed by atoms with E-state index in [1.54, 1.807) is 0 Å². The van der Waals surface area contributed by atoms with Gasteiger partial charge < -0.3 is 9.64 Å². The summed E-state index contributed by atoms with van der Waals surface area (Å²) >= 11 is 3.36. The van der Waals surface area contributed by atoms with Gasteiger partial charge in [0.1, 0.15) is 6.10 Å². The van der Waals surface area contributed by atoms with Crippen LogP contribution < -0.4 is 0 Å². The Hall–Kier alpha value is -0.0900. The van der Waals surface area contributed by atoms with Crippen LogP contribution in [0.25, 0.3) is 0 Å². The SMILES string of the molecule is CCCN(CCBr)C(=O)C1CCCO1. The van der Waals surface area contributed by atoms with E-state index in [1.165, 1.54) is 0 Å². The van der Waals surface area contributed by atoms with Crippen LogP contribution in [0, 0.1) is 0 Å². The molecule has 0 aromatic carbocycles. The van der Waals surface area contributed by atoms with Gasteiger partial charge in [-0.05, 0) is 19.3 Å². The lowest BCUT2D eigenvalue weighted by molar-refractivity contribution is -0.140. The molecule has 0 aromatic heterocycles. The fourth-order valence-corrected chi connectivity index (χ4v) is 2.11. The zero-order valence-corrected chi connectivity index (χ0v) is 10.3. The predicted molar refractivity (Wildman–Crippen MR) is 59.6 cm³/mol. The molecular formula is C10H18BrNO2. The first-order valence-corrected chi connectivity index (χ1v) is 6.38. The Labute approximate surface area is 93.9 Å². The fraction of sp³-hybridized carbons (Fsp3) is 0.900. The van der Waals surface area contributed by atoms with Crippen molar-refractivity contribution < 1.29 is 9.53 Å². The van der Waals surface area contributed by atoms with Crippen molar-refractivity contribution in [1.82, 2.24) is 4.90 Å². The molecule has 1 rings (SSSR count). The van der Waals surface area contributed by atoms with E-state index in [1.807, 2.05) is 4.90 Å². The van der Waals surface area contributed by atoms with E-state index in [-0.39, 0.29) is 12.0 Å². The second-order valence-electron chi connectivity index (χ2n) is 3.52. The van der Waals surface area contributed by atoms with Gasteiger partial charge >= 0.3 is 0 Å². The summed E-state index contributed by atoms with van der Waals surface area (Å²) in [6, 6.07) is 0. The average Bonchev–Trinajstić information content (AvgIpc) is 2.69. The molecule has 3 nitrogen and oxygen atoms in total. The van der Waals surface area contributed by atoms with Gasteiger partial charge in [-0.15, -0.1) is 0 Å². The smallest absolute Gasteiger partial charge is 0.251 e. The molecule has 1 fully saturated rings. The van der Waals surface area contributed by atoms with Gasteiger partial charge in [0.15, 0.2) is 0 Å². The number of alkyl halides is 1. The maximum atomic E-state index is 11.9. The first kappa shape index (κ1) is 12.0. The zero-order chi connectivity index (χ0) is 10.4. The normalized spacial score (nSPS) is 21.1. The lowest BCUT2D eigenvalue weighted by atomic mass is 10.2. The van der Waals surface area contributed by atoms with E-state index in [9.17, 15) is 4.79 Å². The highest BCUT2D eigenvalue weighted by atomic mass is 79.9. The monoisotopic (exact) mass is 263 g/mol. The molecule has 1 atom stereocenters. The Kier molecular flexibility index (Phi) is 5.48. The number of carbonyl (C=O) groups is 1. The molecule has 82 valence electrons. The van der Waals surface area contributed by atoms with Gasteiger partial charge in [0.2, 0.25) is 0 Å². The van der Waals surface area contributed by atoms with Crippen LogP contribution in [0.3, 0.4) is 0 Å². The number of hydrogen-bond acceptors (Lipinski definition) is 2. The zero-order valence-electron chi connectivity index (χ0n) is 8.67. The third kappa shape index (κ3) is 3.24. The Morgan fingerprint density at radius 2 is 2.36 bits per heavy atom. The number of nitrogens with zero attached hydrogens (tertiary/aromatic N) is 1. The number of hydrogen-bond donors (Lipinski definition) is 0. The second kappa shape index (κ2) is 6.40. The molecule has 0 spiro atoms. The summed E-state index contributed by atoms with van der Waals surface area (Å²) < 4.78 is 5.38. The van der Waals surface area contributed by atoms with Crippen LogP contribution in [-0.2, 0) is 9.53 Å². The lowest BCUT2D eigenvalue weighted by Crippen LogP contribution is -2.40. The third-order valence-corrected chi connectivity index (χ3v) is 2.72. The van der Waals surface area contributed by atoms with Gasteiger partial charge in [-0.1, -0.05) is 22.9 Å². The molecule has 0 N–H and O–H groups in total. The average molecular weight is 264 g/mol. The van der Waals surface area contributed by atoms with E-state index in [0.717, 1.165) is 44.3 Å². The highest BCUT2D eigenvalue weighted by Gasteiger charge is 2.27. The highest BCUT2D eigenvalue weighted by Crippen LogP contribution is 2.15. The van der Waals surface area contributed by atoms with Gasteiger partial charge in [-0.3, -0.25) is 4.79 Å². The standard InChI is InChI=1S/C10H18BrNO2/c1-2-6-12(7-5-11)10(13)9-4-3-8-14-9/h9H,2-8H2,1H3. The molecular weight excluding hydrogens is 246 g/mol. The number of halogens is 1. The summed E-state index contributed by atoms with van der Waals surface area (Å²) in [6.07, 6.45) is 2.75. The second-order valence-corrected chi connectivity index (χ2v) is 4.31. The Balaban J connectivity index is 2.43. The third-order valence-electron chi connectivity index (χ3n) is 2.36. The van der Waals surface area contributed by atoms with Gasteiger partial charge in [0.25, 0.3) is 5.91 Å². The molecule has 1 saturated heterocycles. The van der Waals surface area contributed by atoms with Crippen LogP contribution >= 0.6 is 15.9 Å². The molecule has 0 aliphatic carbocycles. The van der Waals surface area contributed by atoms with E-state index in [0.29, 0.717) is 0 Å². The van der Waals surface area contributed by atoms with Crippen molar-refractivity contribution in [2.45, 2.75) is 32.3 Å². The lowest BCUT2D eigenvalue weighted by Gasteiger charge is -2.23. The Morgan fingerprint density at radius 3 is 2.86 bits per heavy atom. The van der Waals surface area contributed by atoms with Crippen molar-refractivity contribution in [1.29, 1.82) is 0 Å². The molecule has 1 aliphatic rings. The molecule has 4 heteroatoms. The largest absolute Gasteiger partial charge is 0.368 e. The Bertz CT molecular complexity index is 175. The van der Waals surface area contributed by atoms with Crippen LogP contribution in [0.4, 0.5) is 0 Å². The van der Waals surface area contributed by atoms with Crippen LogP contribution in [0.15, 0.2) is 0 Å². The molecule has 1 heterocycles. The summed E-state index contributed by atoms with van der Waals surface area (Å²) in [5.41, 5.74) is 0. The molecule has 1 aliphatic heterocycles. The van der Waals surface area contributed by atoms with E-state index in [4.69, 9.17) is 4.74 Å². The minimum Gasteiger partial charge on any atom is -0.368 e. The van der Waals surface area contributed by atoms with Crippen molar-refractivity contribution in [3.05, 3.63) is 0 Å². The van der Waals surface area contributed by atoms with Gasteiger partial charge in [0.05, 0.1) is 0 Å². The quantitative estimate of drug-likeness (QED) is 0.709. The molecule has 0 bridgehead atoms. The number of rotatable bonds is 5. The molecule has 0 radical (unpaired) electrons. The topological polar surface area (TPSA) is 29.5 Å². The fourth-order valence-electron chi connectivity index (χ4n) is 1.68. The summed E-state index contributed by atoms with van der Waals surface area (Å²) in [4.78, 5) is 13.8. The van der Waals surface area contributed by atoms with E-state index >= 15 is 0 Å². The van der Waals surface area contributed by atoms with Crippen LogP contribution in [0.1, 0.15) is 26.2 Å². The minimum atomic E-state index is -0.166. The number of carbonyl (C=O) groups excluding carboxylic acids is 1. The first-order chi connectivity index (χ1) is 6.79. The summed E-state index contributed by atoms with van der Waals surface area (Å²) in [5, 5.41) is 0.839. The van der Waals surface area contributed by atoms with Crippen molar-refractivity contribution >= 4 is 21.8 Å². The maximum Gasteiger partial charge on any atom is 0.251 e. The van der Waals surface area contributed by atoms with Crippen molar-refractivity contribution in [2.75, 3.05) is 25.0 Å². The van der Waals surface area contributed by atoms with E-state index in [2.05, 4.69) is 22.9 Å². The number of ether oxygens (including phenoxy) is 1. The predicted octanol–water partition coefficient (Wildman–Crippen LogP) is 1.80. The molecule has 0 aromatic rings. The summed E-state index contributed by atoms with van der Waals surface area (Å²) in [6.45, 7) is 4.45. The van der Waals surface area contributed by atoms with E-state index < -0.39 is 0 Å². The first-order valence-electron chi connectivity index (χ1n) is 5.26. The summed E-state index contributed by atoms with van der Waals surface area (Å²) in [7, 11) is 0. The molecule has 1 amide bonds. The minimum absolute atomic E-state index is 0.166. The molecule has 14 heavy (non-hydrogen) atoms. The Morgan fingerprint density at radius 1 is 1.57 bits per heavy atom. The van der Waals surface area contributed by atoms with Crippen LogP contribution in [0.2, 0.25) is 0 Å².